The Balaban J connectivity index is 2.13. The highest BCUT2D eigenvalue weighted by atomic mass is 35.5. The number of hydrogen-bond acceptors (Lipinski definition) is 3. The summed E-state index contributed by atoms with van der Waals surface area (Å²) in [5.41, 5.74) is -0.0153. The van der Waals surface area contributed by atoms with E-state index in [9.17, 15) is 0 Å². The van der Waals surface area contributed by atoms with Crippen LogP contribution in [-0.4, -0.2) is 23.5 Å². The maximum Gasteiger partial charge on any atom is 0.214 e. The van der Waals surface area contributed by atoms with Crippen LogP contribution in [0.2, 0.25) is 0 Å². The zero-order chi connectivity index (χ0) is 13.0. The van der Waals surface area contributed by atoms with E-state index in [4.69, 9.17) is 16.3 Å². The molecule has 0 aromatic carbocycles. The lowest BCUT2D eigenvalue weighted by atomic mass is 9.77. The van der Waals surface area contributed by atoms with Crippen LogP contribution in [0, 0.1) is 5.92 Å². The molecular weight excluding hydrogens is 248 g/mol. The van der Waals surface area contributed by atoms with Gasteiger partial charge in [0.2, 0.25) is 5.88 Å². The summed E-state index contributed by atoms with van der Waals surface area (Å²) in [4.78, 5) is 4.41. The van der Waals surface area contributed by atoms with E-state index in [1.807, 2.05) is 18.2 Å². The number of rotatable bonds is 4. The van der Waals surface area contributed by atoms with E-state index >= 15 is 0 Å². The van der Waals surface area contributed by atoms with Crippen molar-refractivity contribution in [1.82, 2.24) is 4.98 Å². The molecule has 2 atom stereocenters. The van der Waals surface area contributed by atoms with Gasteiger partial charge < -0.3 is 10.1 Å². The lowest BCUT2D eigenvalue weighted by Gasteiger charge is -2.39. The summed E-state index contributed by atoms with van der Waals surface area (Å²) in [6.07, 6.45) is 4.74. The lowest BCUT2D eigenvalue weighted by molar-refractivity contribution is 0.279. The minimum absolute atomic E-state index is 0.0153. The quantitative estimate of drug-likeness (QED) is 0.846. The minimum Gasteiger partial charge on any atom is -0.481 e. The van der Waals surface area contributed by atoms with Crippen molar-refractivity contribution >= 4 is 17.4 Å². The molecule has 100 valence electrons. The Morgan fingerprint density at radius 2 is 2.39 bits per heavy atom. The van der Waals surface area contributed by atoms with Crippen LogP contribution in [0.25, 0.3) is 0 Å². The predicted octanol–water partition coefficient (Wildman–Crippen LogP) is 3.69. The van der Waals surface area contributed by atoms with Crippen LogP contribution >= 0.6 is 11.6 Å². The second-order valence-electron chi connectivity index (χ2n) is 5.31. The standard InChI is InChI=1S/C14H21ClN2O/c1-11-5-4-8-14(9-11,10-15)17-12-6-3-7-13(16-12)18-2/h3,6-7,11H,4-5,8-10H2,1-2H3,(H,16,17). The van der Waals surface area contributed by atoms with Gasteiger partial charge in [-0.25, -0.2) is 0 Å². The molecule has 0 radical (unpaired) electrons. The fourth-order valence-electron chi connectivity index (χ4n) is 2.80. The highest BCUT2D eigenvalue weighted by Crippen LogP contribution is 2.35. The van der Waals surface area contributed by atoms with Crippen LogP contribution in [0.4, 0.5) is 5.82 Å². The number of nitrogens with one attached hydrogen (secondary N) is 1. The van der Waals surface area contributed by atoms with Crippen molar-refractivity contribution in [2.45, 2.75) is 38.1 Å². The number of nitrogens with zero attached hydrogens (tertiary/aromatic N) is 1. The molecule has 1 saturated carbocycles. The van der Waals surface area contributed by atoms with Crippen molar-refractivity contribution in [2.24, 2.45) is 5.92 Å². The number of anilines is 1. The van der Waals surface area contributed by atoms with Crippen molar-refractivity contribution in [2.75, 3.05) is 18.3 Å². The van der Waals surface area contributed by atoms with Gasteiger partial charge in [-0.2, -0.15) is 4.98 Å². The van der Waals surface area contributed by atoms with Crippen LogP contribution in [-0.2, 0) is 0 Å². The van der Waals surface area contributed by atoms with Gasteiger partial charge in [0.1, 0.15) is 5.82 Å². The second-order valence-corrected chi connectivity index (χ2v) is 5.57. The first-order valence-electron chi connectivity index (χ1n) is 6.53. The van der Waals surface area contributed by atoms with Crippen LogP contribution in [0.1, 0.15) is 32.6 Å². The van der Waals surface area contributed by atoms with Crippen molar-refractivity contribution < 1.29 is 4.74 Å². The summed E-state index contributed by atoms with van der Waals surface area (Å²) in [5.74, 6) is 2.82. The van der Waals surface area contributed by atoms with Gasteiger partial charge in [0.05, 0.1) is 12.6 Å². The molecular formula is C14H21ClN2O. The van der Waals surface area contributed by atoms with E-state index < -0.39 is 0 Å². The fraction of sp³-hybridized carbons (Fsp3) is 0.643. The number of aromatic nitrogens is 1. The van der Waals surface area contributed by atoms with E-state index in [0.29, 0.717) is 11.8 Å². The van der Waals surface area contributed by atoms with Crippen molar-refractivity contribution in [3.8, 4) is 5.88 Å². The fourth-order valence-corrected chi connectivity index (χ4v) is 3.11. The van der Waals surface area contributed by atoms with Crippen LogP contribution < -0.4 is 10.1 Å². The molecule has 2 unspecified atom stereocenters. The van der Waals surface area contributed by atoms with E-state index in [1.165, 1.54) is 12.8 Å². The number of pyridine rings is 1. The molecule has 0 aliphatic heterocycles. The van der Waals surface area contributed by atoms with Gasteiger partial charge >= 0.3 is 0 Å². The molecule has 1 fully saturated rings. The van der Waals surface area contributed by atoms with Gasteiger partial charge in [-0.05, 0) is 24.8 Å². The van der Waals surface area contributed by atoms with Crippen molar-refractivity contribution in [1.29, 1.82) is 0 Å². The SMILES string of the molecule is COc1cccc(NC2(CCl)CCCC(C)C2)n1. The van der Waals surface area contributed by atoms with Gasteiger partial charge in [0.25, 0.3) is 0 Å². The average Bonchev–Trinajstić information content (AvgIpc) is 2.39. The Hall–Kier alpha value is -0.960. The molecule has 18 heavy (non-hydrogen) atoms. The molecule has 0 saturated heterocycles. The molecule has 1 aliphatic carbocycles. The Kier molecular flexibility index (Phi) is 4.33. The average molecular weight is 269 g/mol. The van der Waals surface area contributed by atoms with Gasteiger partial charge in [-0.1, -0.05) is 25.8 Å². The molecule has 3 nitrogen and oxygen atoms in total. The Morgan fingerprint density at radius 1 is 1.56 bits per heavy atom. The van der Waals surface area contributed by atoms with Gasteiger partial charge in [0.15, 0.2) is 0 Å². The number of alkyl halides is 1. The summed E-state index contributed by atoms with van der Waals surface area (Å²) in [5, 5.41) is 3.53. The van der Waals surface area contributed by atoms with Gasteiger partial charge in [-0.15, -0.1) is 11.6 Å². The van der Waals surface area contributed by atoms with Crippen LogP contribution in [0.15, 0.2) is 18.2 Å². The molecule has 1 aromatic rings. The maximum absolute atomic E-state index is 6.20. The van der Waals surface area contributed by atoms with E-state index in [2.05, 4.69) is 17.2 Å². The van der Waals surface area contributed by atoms with E-state index in [0.717, 1.165) is 24.6 Å². The molecule has 1 heterocycles. The summed E-state index contributed by atoms with van der Waals surface area (Å²) in [7, 11) is 1.63. The number of hydrogen-bond donors (Lipinski definition) is 1. The first-order chi connectivity index (χ1) is 8.67. The molecule has 0 amide bonds. The van der Waals surface area contributed by atoms with Crippen LogP contribution in [0.5, 0.6) is 5.88 Å². The molecule has 0 bridgehead atoms. The first-order valence-corrected chi connectivity index (χ1v) is 7.06. The monoisotopic (exact) mass is 268 g/mol. The summed E-state index contributed by atoms with van der Waals surface area (Å²) < 4.78 is 5.15. The largest absolute Gasteiger partial charge is 0.481 e. The zero-order valence-electron chi connectivity index (χ0n) is 11.1. The molecule has 0 spiro atoms. The van der Waals surface area contributed by atoms with Gasteiger partial charge in [0, 0.05) is 11.9 Å². The topological polar surface area (TPSA) is 34.1 Å². The highest BCUT2D eigenvalue weighted by Gasteiger charge is 2.34. The molecule has 1 aromatic heterocycles. The maximum atomic E-state index is 6.20. The second kappa shape index (κ2) is 5.79. The number of ether oxygens (including phenoxy) is 1. The van der Waals surface area contributed by atoms with Gasteiger partial charge in [-0.3, -0.25) is 0 Å². The van der Waals surface area contributed by atoms with Crippen LogP contribution in [0.3, 0.4) is 0 Å². The summed E-state index contributed by atoms with van der Waals surface area (Å²) in [6, 6.07) is 5.76. The number of halogens is 1. The number of methoxy groups -OCH3 is 1. The highest BCUT2D eigenvalue weighted by molar-refractivity contribution is 6.18. The Bertz CT molecular complexity index is 399. The smallest absolute Gasteiger partial charge is 0.214 e. The molecule has 4 heteroatoms. The summed E-state index contributed by atoms with van der Waals surface area (Å²) >= 11 is 6.20. The molecule has 2 rings (SSSR count). The Morgan fingerprint density at radius 3 is 3.06 bits per heavy atom. The lowest BCUT2D eigenvalue weighted by Crippen LogP contribution is -2.44. The molecule has 1 aliphatic rings. The van der Waals surface area contributed by atoms with Crippen molar-refractivity contribution in [3.63, 3.8) is 0 Å². The first kappa shape index (κ1) is 13.5. The minimum atomic E-state index is -0.0153. The van der Waals surface area contributed by atoms with E-state index in [-0.39, 0.29) is 5.54 Å². The zero-order valence-corrected chi connectivity index (χ0v) is 11.8. The third-order valence-corrected chi connectivity index (χ3v) is 4.18. The normalized spacial score (nSPS) is 27.8. The summed E-state index contributed by atoms with van der Waals surface area (Å²) in [6.45, 7) is 2.29. The third kappa shape index (κ3) is 3.08. The Labute approximate surface area is 114 Å². The third-order valence-electron chi connectivity index (χ3n) is 3.67. The predicted molar refractivity (Wildman–Crippen MR) is 75.5 cm³/mol. The van der Waals surface area contributed by atoms with Crippen molar-refractivity contribution in [3.05, 3.63) is 18.2 Å². The molecule has 1 N–H and O–H groups in total. The van der Waals surface area contributed by atoms with E-state index in [1.54, 1.807) is 7.11 Å².